The van der Waals surface area contributed by atoms with E-state index in [2.05, 4.69) is 36.8 Å². The summed E-state index contributed by atoms with van der Waals surface area (Å²) in [5.74, 6) is -0.649. The van der Waals surface area contributed by atoms with Crippen molar-refractivity contribution in [3.8, 4) is 0 Å². The molecule has 1 N–H and O–H groups in total. The molecule has 3 rings (SSSR count). The molecule has 1 aromatic heterocycles. The summed E-state index contributed by atoms with van der Waals surface area (Å²) in [6, 6.07) is 9.71. The van der Waals surface area contributed by atoms with E-state index in [-0.39, 0.29) is 5.78 Å². The molecule has 0 unspecified atom stereocenters. The monoisotopic (exact) mass is 395 g/mol. The number of benzene rings is 2. The van der Waals surface area contributed by atoms with E-state index in [1.165, 1.54) is 18.2 Å². The van der Waals surface area contributed by atoms with Crippen LogP contribution in [0, 0.1) is 5.82 Å². The molecule has 2 aromatic carbocycles. The highest BCUT2D eigenvalue weighted by atomic mass is 79.9. The largest absolute Gasteiger partial charge is 0.360 e. The third kappa shape index (κ3) is 2.31. The van der Waals surface area contributed by atoms with Crippen LogP contribution in [0.3, 0.4) is 0 Å². The van der Waals surface area contributed by atoms with E-state index in [1.54, 1.807) is 6.20 Å². The maximum atomic E-state index is 13.3. The van der Waals surface area contributed by atoms with Crippen LogP contribution in [-0.4, -0.2) is 10.8 Å². The van der Waals surface area contributed by atoms with Gasteiger partial charge in [0, 0.05) is 37.2 Å². The lowest BCUT2D eigenvalue weighted by atomic mass is 10.0. The molecule has 0 aliphatic heterocycles. The lowest BCUT2D eigenvalue weighted by molar-refractivity contribution is 0.103. The Labute approximate surface area is 131 Å². The number of halogens is 3. The Morgan fingerprint density at radius 3 is 2.65 bits per heavy atom. The molecule has 0 aliphatic carbocycles. The second kappa shape index (κ2) is 5.14. The Hall–Kier alpha value is -1.46. The average molecular weight is 397 g/mol. The number of hydrogen-bond donors (Lipinski definition) is 1. The number of rotatable bonds is 2. The van der Waals surface area contributed by atoms with Crippen LogP contribution in [0.15, 0.2) is 51.5 Å². The normalized spacial score (nSPS) is 10.9. The fourth-order valence-corrected chi connectivity index (χ4v) is 2.89. The molecule has 2 nitrogen and oxygen atoms in total. The van der Waals surface area contributed by atoms with Crippen molar-refractivity contribution in [1.29, 1.82) is 0 Å². The number of carbonyl (C=O) groups is 1. The molecule has 0 aliphatic rings. The maximum Gasteiger partial charge on any atom is 0.196 e. The standard InChI is InChI=1S/C15H8Br2FNO/c16-8-1-3-10-12(7-19-14(10)5-8)15(20)11-6-9(18)2-4-13(11)17/h1-7,19H. The van der Waals surface area contributed by atoms with Gasteiger partial charge in [-0.1, -0.05) is 37.9 Å². The molecule has 0 saturated carbocycles. The molecule has 100 valence electrons. The van der Waals surface area contributed by atoms with E-state index in [0.717, 1.165) is 15.4 Å². The topological polar surface area (TPSA) is 32.9 Å². The molecule has 1 heterocycles. The summed E-state index contributed by atoms with van der Waals surface area (Å²) in [6.45, 7) is 0. The zero-order chi connectivity index (χ0) is 14.3. The van der Waals surface area contributed by atoms with Gasteiger partial charge in [0.25, 0.3) is 0 Å². The van der Waals surface area contributed by atoms with Crippen LogP contribution in [0.4, 0.5) is 4.39 Å². The van der Waals surface area contributed by atoms with E-state index in [9.17, 15) is 9.18 Å². The van der Waals surface area contributed by atoms with Crippen LogP contribution in [0.1, 0.15) is 15.9 Å². The van der Waals surface area contributed by atoms with Gasteiger partial charge in [-0.2, -0.15) is 0 Å². The fourth-order valence-electron chi connectivity index (χ4n) is 2.10. The van der Waals surface area contributed by atoms with Crippen LogP contribution in [0.2, 0.25) is 0 Å². The third-order valence-electron chi connectivity index (χ3n) is 3.06. The number of carbonyl (C=O) groups excluding carboxylic acids is 1. The molecular formula is C15H8Br2FNO. The number of aromatic amines is 1. The van der Waals surface area contributed by atoms with E-state index in [4.69, 9.17) is 0 Å². The highest BCUT2D eigenvalue weighted by Crippen LogP contribution is 2.27. The van der Waals surface area contributed by atoms with Gasteiger partial charge in [0.05, 0.1) is 0 Å². The van der Waals surface area contributed by atoms with Crippen LogP contribution >= 0.6 is 31.9 Å². The SMILES string of the molecule is O=C(c1cc(F)ccc1Br)c1c[nH]c2cc(Br)ccc12. The minimum atomic E-state index is -0.431. The minimum absolute atomic E-state index is 0.218. The molecule has 20 heavy (non-hydrogen) atoms. The van der Waals surface area contributed by atoms with Crippen molar-refractivity contribution < 1.29 is 9.18 Å². The highest BCUT2D eigenvalue weighted by Gasteiger charge is 2.17. The highest BCUT2D eigenvalue weighted by molar-refractivity contribution is 9.10. The maximum absolute atomic E-state index is 13.3. The molecule has 0 spiro atoms. The number of H-pyrrole nitrogens is 1. The first-order valence-corrected chi connectivity index (χ1v) is 7.41. The Balaban J connectivity index is 2.15. The van der Waals surface area contributed by atoms with Gasteiger partial charge < -0.3 is 4.98 Å². The molecule has 0 saturated heterocycles. The van der Waals surface area contributed by atoms with Crippen LogP contribution in [0.5, 0.6) is 0 Å². The Morgan fingerprint density at radius 1 is 1.05 bits per heavy atom. The van der Waals surface area contributed by atoms with E-state index in [1.807, 2.05) is 18.2 Å². The first-order valence-electron chi connectivity index (χ1n) is 5.82. The van der Waals surface area contributed by atoms with Gasteiger partial charge in [-0.25, -0.2) is 4.39 Å². The Bertz CT molecular complexity index is 826. The predicted octanol–water partition coefficient (Wildman–Crippen LogP) is 5.06. The van der Waals surface area contributed by atoms with Gasteiger partial charge in [0.15, 0.2) is 5.78 Å². The van der Waals surface area contributed by atoms with Crippen LogP contribution in [-0.2, 0) is 0 Å². The molecular weight excluding hydrogens is 389 g/mol. The third-order valence-corrected chi connectivity index (χ3v) is 4.25. The summed E-state index contributed by atoms with van der Waals surface area (Å²) in [5, 5.41) is 0.814. The number of aromatic nitrogens is 1. The Kier molecular flexibility index (Phi) is 3.48. The van der Waals surface area contributed by atoms with Gasteiger partial charge >= 0.3 is 0 Å². The van der Waals surface area contributed by atoms with Crippen molar-refractivity contribution >= 4 is 48.5 Å². The van der Waals surface area contributed by atoms with Gasteiger partial charge in [-0.05, 0) is 30.3 Å². The van der Waals surface area contributed by atoms with Gasteiger partial charge in [0.1, 0.15) is 5.82 Å². The molecule has 0 atom stereocenters. The second-order valence-corrected chi connectivity index (χ2v) is 6.12. The quantitative estimate of drug-likeness (QED) is 0.603. The van der Waals surface area contributed by atoms with Gasteiger partial charge in [-0.3, -0.25) is 4.79 Å². The van der Waals surface area contributed by atoms with E-state index < -0.39 is 5.82 Å². The zero-order valence-corrected chi connectivity index (χ0v) is 13.3. The van der Waals surface area contributed by atoms with Crippen molar-refractivity contribution in [2.75, 3.05) is 0 Å². The second-order valence-electron chi connectivity index (χ2n) is 4.35. The summed E-state index contributed by atoms with van der Waals surface area (Å²) < 4.78 is 14.8. The summed E-state index contributed by atoms with van der Waals surface area (Å²) in [5.41, 5.74) is 1.70. The lowest BCUT2D eigenvalue weighted by Gasteiger charge is -2.03. The number of ketones is 1. The number of fused-ring (bicyclic) bond motifs is 1. The van der Waals surface area contributed by atoms with E-state index >= 15 is 0 Å². The number of nitrogens with one attached hydrogen (secondary N) is 1. The molecule has 0 amide bonds. The molecule has 0 bridgehead atoms. The van der Waals surface area contributed by atoms with Crippen LogP contribution < -0.4 is 0 Å². The first kappa shape index (κ1) is 13.5. The first-order chi connectivity index (χ1) is 9.56. The molecule has 0 fully saturated rings. The number of hydrogen-bond acceptors (Lipinski definition) is 1. The Morgan fingerprint density at radius 2 is 1.85 bits per heavy atom. The van der Waals surface area contributed by atoms with Crippen molar-refractivity contribution in [3.05, 3.63) is 68.5 Å². The van der Waals surface area contributed by atoms with Crippen LogP contribution in [0.25, 0.3) is 10.9 Å². The molecule has 3 aromatic rings. The van der Waals surface area contributed by atoms with Gasteiger partial charge in [0.2, 0.25) is 0 Å². The lowest BCUT2D eigenvalue weighted by Crippen LogP contribution is -2.02. The zero-order valence-electron chi connectivity index (χ0n) is 10.1. The van der Waals surface area contributed by atoms with Crippen molar-refractivity contribution in [1.82, 2.24) is 4.98 Å². The fraction of sp³-hybridized carbons (Fsp3) is 0. The molecule has 0 radical (unpaired) electrons. The smallest absolute Gasteiger partial charge is 0.196 e. The molecule has 5 heteroatoms. The van der Waals surface area contributed by atoms with Crippen molar-refractivity contribution in [3.63, 3.8) is 0 Å². The predicted molar refractivity (Wildman–Crippen MR) is 83.5 cm³/mol. The average Bonchev–Trinajstić information content (AvgIpc) is 2.83. The minimum Gasteiger partial charge on any atom is -0.360 e. The summed E-state index contributed by atoms with van der Waals surface area (Å²) in [4.78, 5) is 15.6. The summed E-state index contributed by atoms with van der Waals surface area (Å²) in [6.07, 6.45) is 1.65. The summed E-state index contributed by atoms with van der Waals surface area (Å²) >= 11 is 6.67. The van der Waals surface area contributed by atoms with E-state index in [0.29, 0.717) is 15.6 Å². The van der Waals surface area contributed by atoms with Crippen molar-refractivity contribution in [2.45, 2.75) is 0 Å². The van der Waals surface area contributed by atoms with Crippen molar-refractivity contribution in [2.24, 2.45) is 0 Å². The van der Waals surface area contributed by atoms with Gasteiger partial charge in [-0.15, -0.1) is 0 Å². The summed E-state index contributed by atoms with van der Waals surface area (Å²) in [7, 11) is 0.